The fraction of sp³-hybridized carbons (Fsp3) is 0.571. The average molecular weight is 358 g/mol. The molecule has 6 nitrogen and oxygen atoms in total. The molecule has 2 N–H and O–H groups in total. The fourth-order valence-corrected chi connectivity index (χ4v) is 3.09. The normalized spacial score (nSPS) is 17.4. The number of nitrogens with one attached hydrogen (secondary N) is 2. The molecule has 0 aliphatic carbocycles. The Labute approximate surface area is 132 Å². The summed E-state index contributed by atoms with van der Waals surface area (Å²) in [5.41, 5.74) is 0.666. The summed E-state index contributed by atoms with van der Waals surface area (Å²) < 4.78 is 6.18. The van der Waals surface area contributed by atoms with Crippen molar-refractivity contribution in [2.45, 2.75) is 12.8 Å². The molecular weight excluding hydrogens is 338 g/mol. The lowest BCUT2D eigenvalue weighted by molar-refractivity contribution is -0.384. The molecule has 0 atom stereocenters. The van der Waals surface area contributed by atoms with Gasteiger partial charge in [0.2, 0.25) is 0 Å². The van der Waals surface area contributed by atoms with Gasteiger partial charge in [-0.2, -0.15) is 0 Å². The third-order valence-corrected chi connectivity index (χ3v) is 4.42. The first-order chi connectivity index (χ1) is 10.1. The molecule has 2 rings (SSSR count). The summed E-state index contributed by atoms with van der Waals surface area (Å²) in [4.78, 5) is 10.7. The lowest BCUT2D eigenvalue weighted by Crippen LogP contribution is -2.44. The van der Waals surface area contributed by atoms with Gasteiger partial charge in [0.15, 0.2) is 0 Å². The maximum absolute atomic E-state index is 11.1. The van der Waals surface area contributed by atoms with E-state index < -0.39 is 0 Å². The number of anilines is 1. The molecule has 1 aromatic carbocycles. The number of hydrogen-bond donors (Lipinski definition) is 2. The molecule has 7 heteroatoms. The molecule has 0 unspecified atom stereocenters. The number of hydrogen-bond acceptors (Lipinski definition) is 5. The van der Waals surface area contributed by atoms with Crippen LogP contribution < -0.4 is 10.6 Å². The van der Waals surface area contributed by atoms with Crippen molar-refractivity contribution in [2.24, 2.45) is 5.41 Å². The van der Waals surface area contributed by atoms with E-state index in [1.807, 2.05) is 0 Å². The smallest absolute Gasteiger partial charge is 0.292 e. The van der Waals surface area contributed by atoms with Crippen LogP contribution in [0.5, 0.6) is 0 Å². The van der Waals surface area contributed by atoms with Crippen LogP contribution in [0.1, 0.15) is 12.8 Å². The van der Waals surface area contributed by atoms with Gasteiger partial charge in [0.1, 0.15) is 5.69 Å². The van der Waals surface area contributed by atoms with Gasteiger partial charge in [-0.15, -0.1) is 0 Å². The van der Waals surface area contributed by atoms with E-state index in [0.29, 0.717) is 18.8 Å². The lowest BCUT2D eigenvalue weighted by atomic mass is 9.79. The Morgan fingerprint density at radius 3 is 2.81 bits per heavy atom. The summed E-state index contributed by atoms with van der Waals surface area (Å²) in [6.07, 6.45) is 1.99. The van der Waals surface area contributed by atoms with E-state index in [-0.39, 0.29) is 16.0 Å². The van der Waals surface area contributed by atoms with E-state index >= 15 is 0 Å². The van der Waals surface area contributed by atoms with Gasteiger partial charge >= 0.3 is 0 Å². The second-order valence-corrected chi connectivity index (χ2v) is 6.37. The molecular formula is C14H20BrN3O3. The predicted octanol–water partition coefficient (Wildman–Crippen LogP) is 2.79. The van der Waals surface area contributed by atoms with Crippen molar-refractivity contribution in [1.29, 1.82) is 0 Å². The number of rotatable bonds is 6. The van der Waals surface area contributed by atoms with Gasteiger partial charge in [0, 0.05) is 29.6 Å². The van der Waals surface area contributed by atoms with E-state index in [0.717, 1.165) is 30.4 Å². The van der Waals surface area contributed by atoms with Crippen LogP contribution in [0.4, 0.5) is 11.4 Å². The van der Waals surface area contributed by atoms with Gasteiger partial charge in [0.05, 0.1) is 11.5 Å². The van der Waals surface area contributed by atoms with E-state index in [9.17, 15) is 10.1 Å². The summed E-state index contributed by atoms with van der Waals surface area (Å²) in [5.74, 6) is 0. The Morgan fingerprint density at radius 2 is 2.19 bits per heavy atom. The molecule has 21 heavy (non-hydrogen) atoms. The highest BCUT2D eigenvalue weighted by Crippen LogP contribution is 2.33. The topological polar surface area (TPSA) is 76.4 Å². The van der Waals surface area contributed by atoms with Gasteiger partial charge in [-0.25, -0.2) is 0 Å². The van der Waals surface area contributed by atoms with E-state index in [4.69, 9.17) is 4.74 Å². The second kappa shape index (κ2) is 7.20. The number of nitro groups is 1. The second-order valence-electron chi connectivity index (χ2n) is 5.46. The standard InChI is InChI=1S/C14H20BrN3O3/c1-21-10-14(4-6-16-7-5-14)9-17-12-8-11(15)2-3-13(12)18(19)20/h2-3,8,16-17H,4-7,9-10H2,1H3. The molecule has 0 aromatic heterocycles. The van der Waals surface area contributed by atoms with Crippen LogP contribution in [-0.2, 0) is 4.74 Å². The Hall–Kier alpha value is -1.18. The first-order valence-corrected chi connectivity index (χ1v) is 7.73. The number of methoxy groups -OCH3 is 1. The summed E-state index contributed by atoms with van der Waals surface area (Å²) >= 11 is 3.36. The highest BCUT2D eigenvalue weighted by Gasteiger charge is 2.32. The minimum atomic E-state index is -0.361. The third kappa shape index (κ3) is 4.15. The minimum Gasteiger partial charge on any atom is -0.384 e. The number of nitro benzene ring substituents is 1. The molecule has 1 heterocycles. The lowest BCUT2D eigenvalue weighted by Gasteiger charge is -2.37. The number of nitrogens with zero attached hydrogens (tertiary/aromatic N) is 1. The summed E-state index contributed by atoms with van der Waals surface area (Å²) in [7, 11) is 1.70. The van der Waals surface area contributed by atoms with E-state index in [1.165, 1.54) is 6.07 Å². The monoisotopic (exact) mass is 357 g/mol. The zero-order chi connectivity index (χ0) is 15.3. The Kier molecular flexibility index (Phi) is 5.55. The van der Waals surface area contributed by atoms with Crippen molar-refractivity contribution in [1.82, 2.24) is 5.32 Å². The van der Waals surface area contributed by atoms with Crippen molar-refractivity contribution in [2.75, 3.05) is 38.7 Å². The zero-order valence-corrected chi connectivity index (χ0v) is 13.6. The Morgan fingerprint density at radius 1 is 1.48 bits per heavy atom. The number of benzene rings is 1. The first kappa shape index (κ1) is 16.2. The summed E-state index contributed by atoms with van der Waals surface area (Å²) in [6, 6.07) is 4.94. The Bertz CT molecular complexity index is 499. The van der Waals surface area contributed by atoms with Crippen LogP contribution in [0.25, 0.3) is 0 Å². The molecule has 0 saturated carbocycles. The molecule has 0 spiro atoms. The number of piperidine rings is 1. The SMILES string of the molecule is COCC1(CNc2cc(Br)ccc2[N+](=O)[O-])CCNCC1. The first-order valence-electron chi connectivity index (χ1n) is 6.94. The molecule has 1 aromatic rings. The van der Waals surface area contributed by atoms with Crippen molar-refractivity contribution in [3.63, 3.8) is 0 Å². The van der Waals surface area contributed by atoms with Crippen molar-refractivity contribution in [3.05, 3.63) is 32.8 Å². The van der Waals surface area contributed by atoms with Gasteiger partial charge in [-0.05, 0) is 38.1 Å². The molecule has 1 fully saturated rings. The summed E-state index contributed by atoms with van der Waals surface area (Å²) in [6.45, 7) is 3.22. The molecule has 0 bridgehead atoms. The van der Waals surface area contributed by atoms with Gasteiger partial charge in [0.25, 0.3) is 5.69 Å². The molecule has 1 aliphatic heterocycles. The zero-order valence-electron chi connectivity index (χ0n) is 12.0. The number of ether oxygens (including phenoxy) is 1. The predicted molar refractivity (Wildman–Crippen MR) is 85.7 cm³/mol. The van der Waals surface area contributed by atoms with Crippen molar-refractivity contribution in [3.8, 4) is 0 Å². The van der Waals surface area contributed by atoms with Gasteiger partial charge in [-0.1, -0.05) is 15.9 Å². The summed E-state index contributed by atoms with van der Waals surface area (Å²) in [5, 5.41) is 17.7. The highest BCUT2D eigenvalue weighted by atomic mass is 79.9. The van der Waals surface area contributed by atoms with Crippen LogP contribution in [0.3, 0.4) is 0 Å². The van der Waals surface area contributed by atoms with Crippen molar-refractivity contribution < 1.29 is 9.66 Å². The fourth-order valence-electron chi connectivity index (χ4n) is 2.73. The third-order valence-electron chi connectivity index (χ3n) is 3.92. The average Bonchev–Trinajstić information content (AvgIpc) is 2.46. The Balaban J connectivity index is 2.13. The van der Waals surface area contributed by atoms with E-state index in [2.05, 4.69) is 26.6 Å². The minimum absolute atomic E-state index is 0.0240. The van der Waals surface area contributed by atoms with Crippen LogP contribution >= 0.6 is 15.9 Å². The quantitative estimate of drug-likeness (QED) is 0.604. The van der Waals surface area contributed by atoms with Crippen LogP contribution in [0, 0.1) is 15.5 Å². The molecule has 1 saturated heterocycles. The molecule has 0 amide bonds. The van der Waals surface area contributed by atoms with Crippen LogP contribution in [0.15, 0.2) is 22.7 Å². The van der Waals surface area contributed by atoms with E-state index in [1.54, 1.807) is 19.2 Å². The maximum atomic E-state index is 11.1. The highest BCUT2D eigenvalue weighted by molar-refractivity contribution is 9.10. The van der Waals surface area contributed by atoms with Gasteiger partial charge in [-0.3, -0.25) is 10.1 Å². The molecule has 116 valence electrons. The van der Waals surface area contributed by atoms with Crippen LogP contribution in [-0.4, -0.2) is 38.3 Å². The van der Waals surface area contributed by atoms with Gasteiger partial charge < -0.3 is 15.4 Å². The van der Waals surface area contributed by atoms with Crippen LogP contribution in [0.2, 0.25) is 0 Å². The number of halogens is 1. The maximum Gasteiger partial charge on any atom is 0.292 e. The molecule has 1 aliphatic rings. The largest absolute Gasteiger partial charge is 0.384 e. The molecule has 0 radical (unpaired) electrons. The van der Waals surface area contributed by atoms with Crippen molar-refractivity contribution >= 4 is 27.3 Å².